The van der Waals surface area contributed by atoms with Crippen LogP contribution in [0.5, 0.6) is 0 Å². The number of hydrogen-bond acceptors (Lipinski definition) is 6. The van der Waals surface area contributed by atoms with Crippen molar-refractivity contribution < 1.29 is 28.4 Å². The number of benzene rings is 1. The molecule has 0 aromatic heterocycles. The predicted molar refractivity (Wildman–Crippen MR) is 128 cm³/mol. The van der Waals surface area contributed by atoms with E-state index in [4.69, 9.17) is 28.4 Å². The molecule has 0 bridgehead atoms. The molecule has 2 saturated heterocycles. The first-order valence-electron chi connectivity index (χ1n) is 11.6. The second kappa shape index (κ2) is 11.6. The van der Waals surface area contributed by atoms with Crippen molar-refractivity contribution in [2.24, 2.45) is 0 Å². The van der Waals surface area contributed by atoms with Crippen LogP contribution < -0.4 is 0 Å². The van der Waals surface area contributed by atoms with Gasteiger partial charge in [-0.15, -0.1) is 0 Å². The summed E-state index contributed by atoms with van der Waals surface area (Å²) in [5, 5.41) is 0. The Bertz CT molecular complexity index is 813. The van der Waals surface area contributed by atoms with Crippen molar-refractivity contribution in [2.75, 3.05) is 19.8 Å². The van der Waals surface area contributed by atoms with Crippen molar-refractivity contribution in [3.8, 4) is 0 Å². The van der Waals surface area contributed by atoms with E-state index in [0.717, 1.165) is 11.1 Å². The largest absolute Gasteiger partial charge is 0.368 e. The molecular weight excluding hydrogens is 420 g/mol. The van der Waals surface area contributed by atoms with Crippen LogP contribution in [0.1, 0.15) is 40.2 Å². The normalized spacial score (nSPS) is 26.5. The first-order valence-corrected chi connectivity index (χ1v) is 11.6. The SMILES string of the molecule is C=C/C(=C\C=C/C)CO[C@@H]([C@H](OCc1ccccc1)[C@H]1COC(C)(C)O1)[C@H]1COC(C)(C)O1. The zero-order valence-electron chi connectivity index (χ0n) is 20.5. The van der Waals surface area contributed by atoms with E-state index in [0.29, 0.717) is 26.4 Å². The van der Waals surface area contributed by atoms with Crippen molar-refractivity contribution in [3.05, 3.63) is 72.4 Å². The van der Waals surface area contributed by atoms with Crippen molar-refractivity contribution in [1.82, 2.24) is 0 Å². The van der Waals surface area contributed by atoms with Crippen LogP contribution in [0.2, 0.25) is 0 Å². The standard InChI is InChI=1S/C27H38O6/c1-7-9-13-20(8-2)16-28-24(22-18-30-26(3,4)32-22)25(23-19-31-27(5,6)33-23)29-17-21-14-11-10-12-15-21/h7-15,22-25H,2,16-19H2,1,3-6H3/b9-7-,20-13+/t22-,23-,24-,25-/m1/s1. The lowest BCUT2D eigenvalue weighted by Crippen LogP contribution is -2.50. The molecule has 0 aliphatic carbocycles. The summed E-state index contributed by atoms with van der Waals surface area (Å²) in [6.45, 7) is 15.1. The Labute approximate surface area is 198 Å². The fraction of sp³-hybridized carbons (Fsp3) is 0.556. The third kappa shape index (κ3) is 7.60. The summed E-state index contributed by atoms with van der Waals surface area (Å²) in [6, 6.07) is 10.1. The van der Waals surface area contributed by atoms with Crippen molar-refractivity contribution in [1.29, 1.82) is 0 Å². The Morgan fingerprint density at radius 2 is 1.58 bits per heavy atom. The molecule has 0 unspecified atom stereocenters. The van der Waals surface area contributed by atoms with E-state index < -0.39 is 23.8 Å². The zero-order valence-corrected chi connectivity index (χ0v) is 20.5. The minimum Gasteiger partial charge on any atom is -0.368 e. The molecule has 1 aromatic rings. The molecule has 0 amide bonds. The van der Waals surface area contributed by atoms with Crippen LogP contribution in [0.15, 0.2) is 66.8 Å². The van der Waals surface area contributed by atoms with Gasteiger partial charge in [-0.3, -0.25) is 0 Å². The van der Waals surface area contributed by atoms with Gasteiger partial charge in [-0.1, -0.05) is 61.2 Å². The van der Waals surface area contributed by atoms with Gasteiger partial charge in [0.2, 0.25) is 0 Å². The molecule has 182 valence electrons. The molecule has 33 heavy (non-hydrogen) atoms. The lowest BCUT2D eigenvalue weighted by molar-refractivity contribution is -0.204. The minimum absolute atomic E-state index is 0.312. The number of ether oxygens (including phenoxy) is 6. The Kier molecular flexibility index (Phi) is 9.04. The highest BCUT2D eigenvalue weighted by Gasteiger charge is 2.48. The van der Waals surface area contributed by atoms with Gasteiger partial charge < -0.3 is 28.4 Å². The summed E-state index contributed by atoms with van der Waals surface area (Å²) in [7, 11) is 0. The van der Waals surface area contributed by atoms with E-state index in [1.165, 1.54) is 0 Å². The van der Waals surface area contributed by atoms with E-state index in [-0.39, 0.29) is 12.2 Å². The van der Waals surface area contributed by atoms with Crippen LogP contribution in [0.4, 0.5) is 0 Å². The van der Waals surface area contributed by atoms with Gasteiger partial charge in [-0.05, 0) is 45.8 Å². The third-order valence-electron chi connectivity index (χ3n) is 5.61. The average molecular weight is 459 g/mol. The van der Waals surface area contributed by atoms with Crippen LogP contribution in [-0.2, 0) is 35.0 Å². The van der Waals surface area contributed by atoms with Crippen LogP contribution in [0, 0.1) is 0 Å². The number of hydrogen-bond donors (Lipinski definition) is 0. The summed E-state index contributed by atoms with van der Waals surface area (Å²) in [4.78, 5) is 0. The molecule has 2 aliphatic heterocycles. The maximum atomic E-state index is 6.47. The molecule has 0 spiro atoms. The molecule has 0 radical (unpaired) electrons. The molecule has 2 heterocycles. The molecule has 1 aromatic carbocycles. The molecule has 6 heteroatoms. The van der Waals surface area contributed by atoms with Gasteiger partial charge in [0.25, 0.3) is 0 Å². The van der Waals surface area contributed by atoms with E-state index >= 15 is 0 Å². The van der Waals surface area contributed by atoms with Gasteiger partial charge in [0.05, 0.1) is 26.4 Å². The van der Waals surface area contributed by atoms with E-state index in [1.54, 1.807) is 6.08 Å². The molecule has 2 fully saturated rings. The molecular formula is C27H38O6. The van der Waals surface area contributed by atoms with Crippen LogP contribution >= 0.6 is 0 Å². The summed E-state index contributed by atoms with van der Waals surface area (Å²) >= 11 is 0. The van der Waals surface area contributed by atoms with E-state index in [2.05, 4.69) is 6.58 Å². The zero-order chi connectivity index (χ0) is 23.9. The third-order valence-corrected chi connectivity index (χ3v) is 5.61. The number of allylic oxidation sites excluding steroid dienone is 3. The molecule has 6 nitrogen and oxygen atoms in total. The monoisotopic (exact) mass is 458 g/mol. The smallest absolute Gasteiger partial charge is 0.163 e. The van der Waals surface area contributed by atoms with Crippen molar-refractivity contribution in [3.63, 3.8) is 0 Å². The topological polar surface area (TPSA) is 55.4 Å². The molecule has 0 N–H and O–H groups in total. The Morgan fingerprint density at radius 3 is 2.06 bits per heavy atom. The van der Waals surface area contributed by atoms with Gasteiger partial charge in [-0.25, -0.2) is 0 Å². The first-order chi connectivity index (χ1) is 15.7. The molecule has 2 aliphatic rings. The fourth-order valence-electron chi connectivity index (χ4n) is 3.94. The predicted octanol–water partition coefficient (Wildman–Crippen LogP) is 4.95. The molecule has 3 rings (SSSR count). The molecule has 0 saturated carbocycles. The van der Waals surface area contributed by atoms with Crippen LogP contribution in [0.3, 0.4) is 0 Å². The highest BCUT2D eigenvalue weighted by Crippen LogP contribution is 2.33. The fourth-order valence-corrected chi connectivity index (χ4v) is 3.94. The first kappa shape index (κ1) is 25.8. The van der Waals surface area contributed by atoms with Gasteiger partial charge in [0, 0.05) is 0 Å². The number of rotatable bonds is 11. The average Bonchev–Trinajstić information content (AvgIpc) is 3.33. The summed E-state index contributed by atoms with van der Waals surface area (Å²) in [6.07, 6.45) is 6.22. The van der Waals surface area contributed by atoms with E-state index in [1.807, 2.05) is 83.2 Å². The summed E-state index contributed by atoms with van der Waals surface area (Å²) in [5.74, 6) is -1.38. The Hall–Kier alpha value is -1.80. The van der Waals surface area contributed by atoms with Crippen molar-refractivity contribution in [2.45, 2.75) is 77.2 Å². The highest BCUT2D eigenvalue weighted by atomic mass is 16.8. The highest BCUT2D eigenvalue weighted by molar-refractivity contribution is 5.22. The van der Waals surface area contributed by atoms with Gasteiger partial charge in [0.1, 0.15) is 24.4 Å². The van der Waals surface area contributed by atoms with E-state index in [9.17, 15) is 0 Å². The Balaban J connectivity index is 1.85. The second-order valence-electron chi connectivity index (χ2n) is 9.24. The lowest BCUT2D eigenvalue weighted by atomic mass is 10.0. The maximum absolute atomic E-state index is 6.47. The van der Waals surface area contributed by atoms with Crippen molar-refractivity contribution >= 4 is 0 Å². The summed E-state index contributed by atoms with van der Waals surface area (Å²) in [5.41, 5.74) is 2.03. The van der Waals surface area contributed by atoms with Gasteiger partial charge in [0.15, 0.2) is 11.6 Å². The molecule has 4 atom stereocenters. The van der Waals surface area contributed by atoms with Crippen LogP contribution in [-0.4, -0.2) is 55.8 Å². The Morgan fingerprint density at radius 1 is 1.00 bits per heavy atom. The quantitative estimate of drug-likeness (QED) is 0.438. The second-order valence-corrected chi connectivity index (χ2v) is 9.24. The summed E-state index contributed by atoms with van der Waals surface area (Å²) < 4.78 is 37.1. The van der Waals surface area contributed by atoms with Gasteiger partial charge in [-0.2, -0.15) is 0 Å². The lowest BCUT2D eigenvalue weighted by Gasteiger charge is -2.34. The maximum Gasteiger partial charge on any atom is 0.163 e. The van der Waals surface area contributed by atoms with Gasteiger partial charge >= 0.3 is 0 Å². The minimum atomic E-state index is -0.690. The van der Waals surface area contributed by atoms with Crippen LogP contribution in [0.25, 0.3) is 0 Å².